The topological polar surface area (TPSA) is 0 Å². The van der Waals surface area contributed by atoms with Crippen LogP contribution in [0.2, 0.25) is 0 Å². The van der Waals surface area contributed by atoms with Crippen LogP contribution < -0.4 is 0 Å². The maximum atomic E-state index is 2.69. The molecule has 0 radical (unpaired) electrons. The molecule has 36 valence electrons. The zero-order chi connectivity index (χ0) is 5.82. The van der Waals surface area contributed by atoms with Crippen LogP contribution in [0.5, 0.6) is 0 Å². The zero-order valence-corrected chi connectivity index (χ0v) is 5.83. The second kappa shape index (κ2) is 2.92. The van der Waals surface area contributed by atoms with Crippen molar-refractivity contribution in [3.63, 3.8) is 0 Å². The zero-order valence-electron chi connectivity index (χ0n) is 4.67. The summed E-state index contributed by atoms with van der Waals surface area (Å²) < 4.78 is 0. The predicted octanol–water partition coefficient (Wildman–Crippen LogP) is 1.36. The van der Waals surface area contributed by atoms with E-state index in [0.717, 1.165) is 5.28 Å². The number of rotatable bonds is 1. The Morgan fingerprint density at radius 3 is 2.12 bits per heavy atom. The van der Waals surface area contributed by atoms with Crippen LogP contribution in [-0.2, 0) is 5.28 Å². The monoisotopic (exact) mass is 118 g/mol. The standard InChI is InChI=1S/C7H7.Al/c1-7-5-3-2-4-6-7;/h2-6H,1H2;/q;+2. The van der Waals surface area contributed by atoms with E-state index in [1.165, 1.54) is 5.56 Å². The van der Waals surface area contributed by atoms with E-state index in [4.69, 9.17) is 0 Å². The quantitative estimate of drug-likeness (QED) is 0.488. The van der Waals surface area contributed by atoms with Crippen LogP contribution in [0.4, 0.5) is 0 Å². The number of hydrogen-bond donors (Lipinski definition) is 0. The van der Waals surface area contributed by atoms with Gasteiger partial charge in [-0.25, -0.2) is 0 Å². The van der Waals surface area contributed by atoms with E-state index >= 15 is 0 Å². The third-order valence-corrected chi connectivity index (χ3v) is 1.55. The van der Waals surface area contributed by atoms with E-state index in [1.54, 1.807) is 0 Å². The van der Waals surface area contributed by atoms with Crippen molar-refractivity contribution in [1.82, 2.24) is 0 Å². The Kier molecular flexibility index (Phi) is 2.14. The van der Waals surface area contributed by atoms with Gasteiger partial charge < -0.3 is 0 Å². The first-order valence-electron chi connectivity index (χ1n) is 2.67. The van der Waals surface area contributed by atoms with E-state index in [2.05, 4.69) is 40.6 Å². The molecule has 8 heavy (non-hydrogen) atoms. The van der Waals surface area contributed by atoms with Gasteiger partial charge in [-0.05, 0) is 0 Å². The molecule has 1 aromatic rings. The first-order chi connectivity index (χ1) is 3.93. The Labute approximate surface area is 58.0 Å². The minimum atomic E-state index is 1.06. The second-order valence-corrected chi connectivity index (χ2v) is 2.10. The van der Waals surface area contributed by atoms with Crippen molar-refractivity contribution < 1.29 is 0 Å². The van der Waals surface area contributed by atoms with Crippen LogP contribution in [0, 0.1) is 0 Å². The van der Waals surface area contributed by atoms with Crippen LogP contribution in [-0.4, -0.2) is 16.3 Å². The molecule has 0 aliphatic carbocycles. The molecule has 0 fully saturated rings. The van der Waals surface area contributed by atoms with Crippen LogP contribution in [0.1, 0.15) is 5.56 Å². The Morgan fingerprint density at radius 2 is 1.75 bits per heavy atom. The molecule has 0 N–H and O–H groups in total. The number of hydrogen-bond acceptors (Lipinski definition) is 0. The minimum absolute atomic E-state index is 1.06. The van der Waals surface area contributed by atoms with Crippen LogP contribution in [0.15, 0.2) is 30.3 Å². The van der Waals surface area contributed by atoms with Gasteiger partial charge in [-0.15, -0.1) is 0 Å². The van der Waals surface area contributed by atoms with E-state index in [9.17, 15) is 0 Å². The molecule has 0 aromatic heterocycles. The average molecular weight is 118 g/mol. The Bertz CT molecular complexity index is 146. The van der Waals surface area contributed by atoms with Gasteiger partial charge in [-0.3, -0.25) is 0 Å². The molecule has 0 unspecified atom stereocenters. The Morgan fingerprint density at radius 1 is 1.12 bits per heavy atom. The first kappa shape index (κ1) is 5.88. The molecule has 0 heterocycles. The van der Waals surface area contributed by atoms with E-state index in [-0.39, 0.29) is 0 Å². The predicted molar refractivity (Wildman–Crippen MR) is 35.9 cm³/mol. The second-order valence-electron chi connectivity index (χ2n) is 1.69. The summed E-state index contributed by atoms with van der Waals surface area (Å²) >= 11 is 2.69. The molecule has 1 aromatic carbocycles. The van der Waals surface area contributed by atoms with Crippen LogP contribution >= 0.6 is 0 Å². The fourth-order valence-corrected chi connectivity index (χ4v) is 0.886. The van der Waals surface area contributed by atoms with Crippen molar-refractivity contribution in [2.24, 2.45) is 0 Å². The summed E-state index contributed by atoms with van der Waals surface area (Å²) in [5, 5.41) is 1.06. The molecular formula is C7H7Al+2. The van der Waals surface area contributed by atoms with E-state index in [1.807, 2.05) is 6.07 Å². The molecule has 0 amide bonds. The summed E-state index contributed by atoms with van der Waals surface area (Å²) in [5.74, 6) is 0. The van der Waals surface area contributed by atoms with Crippen molar-refractivity contribution in [3.05, 3.63) is 35.9 Å². The van der Waals surface area contributed by atoms with Gasteiger partial charge in [-0.2, -0.15) is 0 Å². The molecule has 0 saturated carbocycles. The average Bonchev–Trinajstić information content (AvgIpc) is 1.90. The van der Waals surface area contributed by atoms with Crippen LogP contribution in [0.25, 0.3) is 0 Å². The molecule has 0 aliphatic rings. The van der Waals surface area contributed by atoms with Crippen molar-refractivity contribution in [2.75, 3.05) is 0 Å². The van der Waals surface area contributed by atoms with Gasteiger partial charge in [0.15, 0.2) is 0 Å². The Balaban J connectivity index is 2.83. The third-order valence-electron chi connectivity index (χ3n) is 1.08. The molecule has 0 saturated heterocycles. The third kappa shape index (κ3) is 1.37. The molecule has 1 heteroatoms. The van der Waals surface area contributed by atoms with Gasteiger partial charge in [0.1, 0.15) is 0 Å². The van der Waals surface area contributed by atoms with E-state index in [0.29, 0.717) is 0 Å². The summed E-state index contributed by atoms with van der Waals surface area (Å²) in [7, 11) is 0. The van der Waals surface area contributed by atoms with Gasteiger partial charge in [0.25, 0.3) is 0 Å². The summed E-state index contributed by atoms with van der Waals surface area (Å²) in [6.07, 6.45) is 0. The number of benzene rings is 1. The van der Waals surface area contributed by atoms with Gasteiger partial charge in [0, 0.05) is 0 Å². The molecule has 1 rings (SSSR count). The van der Waals surface area contributed by atoms with Gasteiger partial charge in [-0.1, -0.05) is 0 Å². The normalized spacial score (nSPS) is 9.25. The summed E-state index contributed by atoms with van der Waals surface area (Å²) in [6, 6.07) is 10.4. The molecule has 0 nitrogen and oxygen atoms in total. The fourth-order valence-electron chi connectivity index (χ4n) is 0.614. The first-order valence-corrected chi connectivity index (χ1v) is 3.49. The summed E-state index contributed by atoms with van der Waals surface area (Å²) in [6.45, 7) is 0. The summed E-state index contributed by atoms with van der Waals surface area (Å²) in [5.41, 5.74) is 1.37. The Hall–Kier alpha value is -0.248. The molecule has 0 spiro atoms. The van der Waals surface area contributed by atoms with Gasteiger partial charge in [0.2, 0.25) is 0 Å². The molecule has 0 aliphatic heterocycles. The SMILES string of the molecule is [Al+2][CH2]c1ccccc1. The van der Waals surface area contributed by atoms with E-state index < -0.39 is 0 Å². The van der Waals surface area contributed by atoms with Crippen molar-refractivity contribution in [2.45, 2.75) is 5.28 Å². The molecular weight excluding hydrogens is 111 g/mol. The van der Waals surface area contributed by atoms with Gasteiger partial charge in [0.05, 0.1) is 0 Å². The fraction of sp³-hybridized carbons (Fsp3) is 0.143. The molecule has 0 atom stereocenters. The van der Waals surface area contributed by atoms with Crippen molar-refractivity contribution in [1.29, 1.82) is 0 Å². The van der Waals surface area contributed by atoms with Crippen LogP contribution in [0.3, 0.4) is 0 Å². The van der Waals surface area contributed by atoms with Crippen molar-refractivity contribution >= 4 is 16.3 Å². The van der Waals surface area contributed by atoms with Crippen molar-refractivity contribution in [3.8, 4) is 0 Å². The van der Waals surface area contributed by atoms with Gasteiger partial charge >= 0.3 is 57.5 Å². The maximum absolute atomic E-state index is 2.69. The molecule has 0 bridgehead atoms. The summed E-state index contributed by atoms with van der Waals surface area (Å²) in [4.78, 5) is 0.